The average molecular weight is 298 g/mol. The Morgan fingerprint density at radius 3 is 2.64 bits per heavy atom. The third-order valence-electron chi connectivity index (χ3n) is 3.19. The third kappa shape index (κ3) is 2.46. The number of aromatic nitrogens is 2. The molecule has 0 saturated heterocycles. The molecule has 6 heteroatoms. The van der Waals surface area contributed by atoms with Gasteiger partial charge in [0.15, 0.2) is 5.78 Å². The van der Waals surface area contributed by atoms with E-state index < -0.39 is 11.6 Å². The van der Waals surface area contributed by atoms with Gasteiger partial charge in [-0.05, 0) is 37.3 Å². The molecule has 2 aromatic carbocycles. The van der Waals surface area contributed by atoms with Gasteiger partial charge in [-0.3, -0.25) is 9.59 Å². The topological polar surface area (TPSA) is 72.0 Å². The second-order valence-electron chi connectivity index (χ2n) is 4.70. The molecule has 0 atom stereocenters. The Balaban J connectivity index is 2.08. The van der Waals surface area contributed by atoms with Gasteiger partial charge >= 0.3 is 0 Å². The van der Waals surface area contributed by atoms with Gasteiger partial charge in [0, 0.05) is 0 Å². The van der Waals surface area contributed by atoms with Crippen LogP contribution in [0.1, 0.15) is 17.3 Å². The fourth-order valence-electron chi connectivity index (χ4n) is 2.12. The van der Waals surface area contributed by atoms with Crippen LogP contribution in [-0.4, -0.2) is 16.0 Å². The van der Waals surface area contributed by atoms with E-state index in [-0.39, 0.29) is 22.8 Å². The number of fused-ring (bicyclic) bond motifs is 1. The number of nitrogens with one attached hydrogen (secondary N) is 1. The SMILES string of the molecule is CC(=O)c1cc(Oc2n[nH]c(=O)c3ccccc23)ccc1F. The van der Waals surface area contributed by atoms with E-state index in [0.717, 1.165) is 6.07 Å². The molecule has 1 aromatic heterocycles. The highest BCUT2D eigenvalue weighted by atomic mass is 19.1. The molecule has 3 aromatic rings. The highest BCUT2D eigenvalue weighted by Crippen LogP contribution is 2.26. The van der Waals surface area contributed by atoms with Gasteiger partial charge in [-0.2, -0.15) is 0 Å². The molecule has 1 heterocycles. The van der Waals surface area contributed by atoms with E-state index in [4.69, 9.17) is 4.74 Å². The average Bonchev–Trinajstić information content (AvgIpc) is 2.52. The van der Waals surface area contributed by atoms with Crippen LogP contribution < -0.4 is 10.3 Å². The molecule has 0 spiro atoms. The van der Waals surface area contributed by atoms with E-state index in [1.54, 1.807) is 24.3 Å². The quantitative estimate of drug-likeness (QED) is 0.754. The zero-order valence-electron chi connectivity index (χ0n) is 11.6. The summed E-state index contributed by atoms with van der Waals surface area (Å²) in [7, 11) is 0. The Kier molecular flexibility index (Phi) is 3.42. The Hall–Kier alpha value is -3.02. The number of nitrogens with zero attached hydrogens (tertiary/aromatic N) is 1. The standard InChI is InChI=1S/C16H11FN2O3/c1-9(20)13-8-10(6-7-14(13)17)22-16-12-5-3-2-4-11(12)15(21)18-19-16/h2-8H,1H3,(H,18,21). The number of hydrogen-bond acceptors (Lipinski definition) is 4. The molecule has 0 aliphatic rings. The van der Waals surface area contributed by atoms with Crippen LogP contribution in [0.2, 0.25) is 0 Å². The molecule has 0 saturated carbocycles. The van der Waals surface area contributed by atoms with Crippen molar-refractivity contribution in [2.24, 2.45) is 0 Å². The van der Waals surface area contributed by atoms with E-state index in [1.807, 2.05) is 0 Å². The summed E-state index contributed by atoms with van der Waals surface area (Å²) in [6, 6.07) is 10.7. The van der Waals surface area contributed by atoms with Gasteiger partial charge in [0.05, 0.1) is 16.3 Å². The zero-order chi connectivity index (χ0) is 15.7. The Bertz CT molecular complexity index is 934. The minimum Gasteiger partial charge on any atom is -0.437 e. The van der Waals surface area contributed by atoms with Crippen molar-refractivity contribution in [3.8, 4) is 11.6 Å². The highest BCUT2D eigenvalue weighted by molar-refractivity contribution is 5.94. The molecular formula is C16H11FN2O3. The van der Waals surface area contributed by atoms with E-state index in [9.17, 15) is 14.0 Å². The lowest BCUT2D eigenvalue weighted by atomic mass is 10.1. The molecule has 3 rings (SSSR count). The van der Waals surface area contributed by atoms with Crippen molar-refractivity contribution in [2.75, 3.05) is 0 Å². The largest absolute Gasteiger partial charge is 0.437 e. The van der Waals surface area contributed by atoms with Crippen molar-refractivity contribution < 1.29 is 13.9 Å². The smallest absolute Gasteiger partial charge is 0.272 e. The number of carbonyl (C=O) groups is 1. The van der Waals surface area contributed by atoms with Crippen LogP contribution in [0.5, 0.6) is 11.6 Å². The fourth-order valence-corrected chi connectivity index (χ4v) is 2.12. The minimum absolute atomic E-state index is 0.0637. The molecule has 0 unspecified atom stereocenters. The van der Waals surface area contributed by atoms with E-state index in [1.165, 1.54) is 19.1 Å². The van der Waals surface area contributed by atoms with Crippen LogP contribution >= 0.6 is 0 Å². The number of carbonyl (C=O) groups excluding carboxylic acids is 1. The first kappa shape index (κ1) is 13.9. The molecular weight excluding hydrogens is 287 g/mol. The summed E-state index contributed by atoms with van der Waals surface area (Å²) in [6.45, 7) is 1.27. The number of rotatable bonds is 3. The molecule has 110 valence electrons. The van der Waals surface area contributed by atoms with Gasteiger partial charge in [0.25, 0.3) is 5.56 Å². The normalized spacial score (nSPS) is 10.6. The van der Waals surface area contributed by atoms with Gasteiger partial charge < -0.3 is 4.74 Å². The zero-order valence-corrected chi connectivity index (χ0v) is 11.6. The number of Topliss-reactive ketones (excluding diaryl/α,β-unsaturated/α-hetero) is 1. The molecule has 5 nitrogen and oxygen atoms in total. The molecule has 0 aliphatic carbocycles. The fraction of sp³-hybridized carbons (Fsp3) is 0.0625. The lowest BCUT2D eigenvalue weighted by Gasteiger charge is -2.08. The maximum Gasteiger partial charge on any atom is 0.272 e. The van der Waals surface area contributed by atoms with Gasteiger partial charge in [0.2, 0.25) is 5.88 Å². The van der Waals surface area contributed by atoms with Crippen molar-refractivity contribution in [3.63, 3.8) is 0 Å². The second kappa shape index (κ2) is 5.40. The van der Waals surface area contributed by atoms with Crippen LogP contribution in [-0.2, 0) is 0 Å². The summed E-state index contributed by atoms with van der Waals surface area (Å²) >= 11 is 0. The van der Waals surface area contributed by atoms with Gasteiger partial charge in [0.1, 0.15) is 11.6 Å². The highest BCUT2D eigenvalue weighted by Gasteiger charge is 2.12. The van der Waals surface area contributed by atoms with Crippen LogP contribution in [0.4, 0.5) is 4.39 Å². The number of ketones is 1. The predicted octanol–water partition coefficient (Wildman–Crippen LogP) is 3.06. The Morgan fingerprint density at radius 1 is 1.18 bits per heavy atom. The molecule has 0 amide bonds. The van der Waals surface area contributed by atoms with Gasteiger partial charge in [-0.1, -0.05) is 12.1 Å². The molecule has 22 heavy (non-hydrogen) atoms. The summed E-state index contributed by atoms with van der Waals surface area (Å²) in [5, 5.41) is 7.16. The van der Waals surface area contributed by atoms with Crippen LogP contribution in [0.3, 0.4) is 0 Å². The van der Waals surface area contributed by atoms with E-state index in [2.05, 4.69) is 10.2 Å². The Labute approximate surface area is 124 Å². The van der Waals surface area contributed by atoms with Crippen LogP contribution in [0, 0.1) is 5.82 Å². The summed E-state index contributed by atoms with van der Waals surface area (Å²) in [4.78, 5) is 23.1. The summed E-state index contributed by atoms with van der Waals surface area (Å²) in [5.41, 5.74) is -0.391. The second-order valence-corrected chi connectivity index (χ2v) is 4.70. The lowest BCUT2D eigenvalue weighted by molar-refractivity contribution is 0.101. The number of H-pyrrole nitrogens is 1. The molecule has 1 N–H and O–H groups in total. The van der Waals surface area contributed by atoms with Gasteiger partial charge in [-0.15, -0.1) is 5.10 Å². The number of ether oxygens (including phenoxy) is 1. The summed E-state index contributed by atoms with van der Waals surface area (Å²) in [5.74, 6) is -0.575. The van der Waals surface area contributed by atoms with E-state index in [0.29, 0.717) is 10.8 Å². The van der Waals surface area contributed by atoms with Crippen molar-refractivity contribution in [1.82, 2.24) is 10.2 Å². The number of hydrogen-bond donors (Lipinski definition) is 1. The Morgan fingerprint density at radius 2 is 1.91 bits per heavy atom. The molecule has 0 radical (unpaired) electrons. The van der Waals surface area contributed by atoms with Crippen LogP contribution in [0.25, 0.3) is 10.8 Å². The maximum atomic E-state index is 13.5. The number of benzene rings is 2. The molecule has 0 fully saturated rings. The third-order valence-corrected chi connectivity index (χ3v) is 3.19. The number of aromatic amines is 1. The van der Waals surface area contributed by atoms with Crippen molar-refractivity contribution in [2.45, 2.75) is 6.92 Å². The van der Waals surface area contributed by atoms with E-state index >= 15 is 0 Å². The number of halogens is 1. The first-order valence-corrected chi connectivity index (χ1v) is 6.52. The van der Waals surface area contributed by atoms with Gasteiger partial charge in [-0.25, -0.2) is 9.49 Å². The minimum atomic E-state index is -0.612. The molecule has 0 bridgehead atoms. The van der Waals surface area contributed by atoms with Crippen molar-refractivity contribution in [1.29, 1.82) is 0 Å². The van der Waals surface area contributed by atoms with Crippen molar-refractivity contribution in [3.05, 3.63) is 64.2 Å². The molecule has 0 aliphatic heterocycles. The first-order valence-electron chi connectivity index (χ1n) is 6.52. The van der Waals surface area contributed by atoms with Crippen LogP contribution in [0.15, 0.2) is 47.3 Å². The maximum absolute atomic E-state index is 13.5. The first-order chi connectivity index (χ1) is 10.6. The summed E-state index contributed by atoms with van der Waals surface area (Å²) in [6.07, 6.45) is 0. The summed E-state index contributed by atoms with van der Waals surface area (Å²) < 4.78 is 19.1. The lowest BCUT2D eigenvalue weighted by Crippen LogP contribution is -2.09. The van der Waals surface area contributed by atoms with Crippen molar-refractivity contribution >= 4 is 16.6 Å². The predicted molar refractivity (Wildman–Crippen MR) is 78.8 cm³/mol. The monoisotopic (exact) mass is 298 g/mol.